The number of halogens is 1. The highest BCUT2D eigenvalue weighted by Gasteiger charge is 2.48. The first-order valence-corrected chi connectivity index (χ1v) is 12.4. The average Bonchev–Trinajstić information content (AvgIpc) is 2.68. The van der Waals surface area contributed by atoms with Crippen molar-refractivity contribution in [1.29, 1.82) is 0 Å². The Balaban J connectivity index is 1.99. The van der Waals surface area contributed by atoms with Crippen molar-refractivity contribution in [2.45, 2.75) is 66.2 Å². The van der Waals surface area contributed by atoms with Crippen LogP contribution in [-0.4, -0.2) is 37.2 Å². The fourth-order valence-corrected chi connectivity index (χ4v) is 6.34. The van der Waals surface area contributed by atoms with Crippen LogP contribution >= 0.6 is 15.9 Å². The predicted octanol–water partition coefficient (Wildman–Crippen LogP) is 6.17. The minimum absolute atomic E-state index is 0.113. The molecular weight excluding hydrogens is 482 g/mol. The van der Waals surface area contributed by atoms with Gasteiger partial charge in [-0.2, -0.15) is 0 Å². The van der Waals surface area contributed by atoms with E-state index in [0.717, 1.165) is 45.4 Å². The number of benzene rings is 1. The first kappa shape index (κ1) is 24.1. The molecule has 6 heteroatoms. The van der Waals surface area contributed by atoms with Crippen molar-refractivity contribution in [3.05, 3.63) is 44.7 Å². The molecule has 4 rings (SSSR count). The molecule has 0 atom stereocenters. The van der Waals surface area contributed by atoms with Crippen LogP contribution in [0.3, 0.4) is 0 Å². The van der Waals surface area contributed by atoms with Gasteiger partial charge in [0.25, 0.3) is 0 Å². The van der Waals surface area contributed by atoms with Crippen LogP contribution in [0, 0.1) is 10.8 Å². The van der Waals surface area contributed by atoms with Gasteiger partial charge in [-0.15, -0.1) is 0 Å². The van der Waals surface area contributed by atoms with Gasteiger partial charge in [0.1, 0.15) is 0 Å². The molecule has 0 saturated heterocycles. The maximum absolute atomic E-state index is 13.6. The van der Waals surface area contributed by atoms with E-state index in [0.29, 0.717) is 30.9 Å². The van der Waals surface area contributed by atoms with Crippen LogP contribution in [0.2, 0.25) is 0 Å². The molecule has 1 heterocycles. The summed E-state index contributed by atoms with van der Waals surface area (Å²) in [7, 11) is 3.64. The first-order chi connectivity index (χ1) is 15.4. The number of rotatable bonds is 4. The lowest BCUT2D eigenvalue weighted by Crippen LogP contribution is -2.43. The largest absolute Gasteiger partial charge is 0.492 e. The molecule has 0 bridgehead atoms. The quantitative estimate of drug-likeness (QED) is 0.479. The Bertz CT molecular complexity index is 1040. The lowest BCUT2D eigenvalue weighted by atomic mass is 9.64. The number of allylic oxidation sites excluding steroid dienone is 4. The summed E-state index contributed by atoms with van der Waals surface area (Å²) in [4.78, 5) is 29.4. The Morgan fingerprint density at radius 1 is 0.970 bits per heavy atom. The summed E-state index contributed by atoms with van der Waals surface area (Å²) in [5, 5.41) is 0. The molecule has 0 radical (unpaired) electrons. The number of ketones is 2. The van der Waals surface area contributed by atoms with Crippen LogP contribution < -0.4 is 9.47 Å². The normalized spacial score (nSPS) is 22.4. The fourth-order valence-electron chi connectivity index (χ4n) is 5.71. The van der Waals surface area contributed by atoms with E-state index in [9.17, 15) is 9.59 Å². The standard InChI is InChI=1S/C27H34BrNO4/c1-8-33-21-10-15(9-16(28)25(21)32-7)22-23-17(11-26(2,3)13-19(23)30)29(6)18-12-27(4,5)14-20(31)24(18)22/h9-10,22H,8,11-14H2,1-7H3. The first-order valence-electron chi connectivity index (χ1n) is 11.7. The maximum Gasteiger partial charge on any atom is 0.174 e. The van der Waals surface area contributed by atoms with E-state index < -0.39 is 0 Å². The number of ether oxygens (including phenoxy) is 2. The fraction of sp³-hybridized carbons (Fsp3) is 0.556. The van der Waals surface area contributed by atoms with Crippen LogP contribution in [0.5, 0.6) is 11.5 Å². The molecule has 1 aromatic carbocycles. The van der Waals surface area contributed by atoms with Gasteiger partial charge in [-0.25, -0.2) is 0 Å². The molecular formula is C27H34BrNO4. The summed E-state index contributed by atoms with van der Waals surface area (Å²) in [6.07, 6.45) is 2.58. The molecule has 0 aromatic heterocycles. The highest BCUT2D eigenvalue weighted by atomic mass is 79.9. The SMILES string of the molecule is CCOc1cc(C2C3=C(CC(C)(C)CC3=O)N(C)C3=C2C(=O)CC(C)(C)C3)cc(Br)c1OC. The van der Waals surface area contributed by atoms with E-state index >= 15 is 0 Å². The number of nitrogens with zero attached hydrogens (tertiary/aromatic N) is 1. The molecule has 0 unspecified atom stereocenters. The van der Waals surface area contributed by atoms with Crippen molar-refractivity contribution >= 4 is 27.5 Å². The minimum atomic E-state index is -0.389. The van der Waals surface area contributed by atoms with E-state index in [1.807, 2.05) is 26.1 Å². The summed E-state index contributed by atoms with van der Waals surface area (Å²) in [5.74, 6) is 1.10. The highest BCUT2D eigenvalue weighted by Crippen LogP contribution is 2.55. The van der Waals surface area contributed by atoms with Gasteiger partial charge in [-0.05, 0) is 64.2 Å². The summed E-state index contributed by atoms with van der Waals surface area (Å²) >= 11 is 3.63. The third kappa shape index (κ3) is 4.16. The number of hydrogen-bond donors (Lipinski definition) is 0. The van der Waals surface area contributed by atoms with Gasteiger partial charge in [0.05, 0.1) is 18.2 Å². The third-order valence-electron chi connectivity index (χ3n) is 7.05. The Labute approximate surface area is 205 Å². The van der Waals surface area contributed by atoms with E-state index in [4.69, 9.17) is 9.47 Å². The minimum Gasteiger partial charge on any atom is -0.492 e. The van der Waals surface area contributed by atoms with Gasteiger partial charge < -0.3 is 14.4 Å². The van der Waals surface area contributed by atoms with E-state index in [1.165, 1.54) is 0 Å². The van der Waals surface area contributed by atoms with Gasteiger partial charge in [0.2, 0.25) is 0 Å². The Kier molecular flexibility index (Phi) is 6.05. The van der Waals surface area contributed by atoms with E-state index in [1.54, 1.807) is 7.11 Å². The van der Waals surface area contributed by atoms with E-state index in [2.05, 4.69) is 48.5 Å². The zero-order chi connectivity index (χ0) is 24.3. The average molecular weight is 516 g/mol. The van der Waals surface area contributed by atoms with Crippen molar-refractivity contribution < 1.29 is 19.1 Å². The Hall–Kier alpha value is -2.08. The zero-order valence-corrected chi connectivity index (χ0v) is 22.3. The van der Waals surface area contributed by atoms with Crippen LogP contribution in [0.15, 0.2) is 39.1 Å². The zero-order valence-electron chi connectivity index (χ0n) is 20.7. The van der Waals surface area contributed by atoms with E-state index in [-0.39, 0.29) is 28.3 Å². The molecule has 0 spiro atoms. The molecule has 1 aliphatic heterocycles. The lowest BCUT2D eigenvalue weighted by Gasteiger charge is -2.48. The third-order valence-corrected chi connectivity index (χ3v) is 7.64. The lowest BCUT2D eigenvalue weighted by molar-refractivity contribution is -0.119. The number of Topliss-reactive ketones (excluding diaryl/α,β-unsaturated/α-hetero) is 2. The number of methoxy groups -OCH3 is 1. The summed E-state index contributed by atoms with van der Waals surface area (Å²) in [6.45, 7) is 11.0. The second kappa shape index (κ2) is 8.30. The van der Waals surface area contributed by atoms with Gasteiger partial charge >= 0.3 is 0 Å². The van der Waals surface area contributed by atoms with Crippen LogP contribution in [0.25, 0.3) is 0 Å². The molecule has 3 aliphatic rings. The molecule has 0 amide bonds. The second-order valence-electron chi connectivity index (χ2n) is 11.1. The summed E-state index contributed by atoms with van der Waals surface area (Å²) < 4.78 is 12.2. The summed E-state index contributed by atoms with van der Waals surface area (Å²) in [5.41, 5.74) is 4.30. The van der Waals surface area contributed by atoms with Crippen molar-refractivity contribution in [3.63, 3.8) is 0 Å². The molecule has 0 N–H and O–H groups in total. The smallest absolute Gasteiger partial charge is 0.174 e. The van der Waals surface area contributed by atoms with Crippen LogP contribution in [-0.2, 0) is 9.59 Å². The monoisotopic (exact) mass is 515 g/mol. The molecule has 5 nitrogen and oxygen atoms in total. The summed E-state index contributed by atoms with van der Waals surface area (Å²) in [6, 6.07) is 3.92. The van der Waals surface area contributed by atoms with Gasteiger partial charge in [0, 0.05) is 48.3 Å². The highest BCUT2D eigenvalue weighted by molar-refractivity contribution is 9.10. The molecule has 0 fully saturated rings. The molecule has 0 saturated carbocycles. The molecule has 1 aromatic rings. The molecule has 2 aliphatic carbocycles. The molecule has 178 valence electrons. The topological polar surface area (TPSA) is 55.8 Å². The van der Waals surface area contributed by atoms with Crippen molar-refractivity contribution in [1.82, 2.24) is 4.90 Å². The van der Waals surface area contributed by atoms with Crippen molar-refractivity contribution in [2.75, 3.05) is 20.8 Å². The Morgan fingerprint density at radius 3 is 1.94 bits per heavy atom. The van der Waals surface area contributed by atoms with Gasteiger partial charge in [-0.3, -0.25) is 9.59 Å². The number of carbonyl (C=O) groups excluding carboxylic acids is 2. The van der Waals surface area contributed by atoms with Crippen LogP contribution in [0.4, 0.5) is 0 Å². The van der Waals surface area contributed by atoms with Crippen LogP contribution in [0.1, 0.15) is 71.8 Å². The predicted molar refractivity (Wildman–Crippen MR) is 132 cm³/mol. The second-order valence-corrected chi connectivity index (χ2v) is 11.9. The van der Waals surface area contributed by atoms with Crippen molar-refractivity contribution in [2.24, 2.45) is 10.8 Å². The molecule has 33 heavy (non-hydrogen) atoms. The van der Waals surface area contributed by atoms with Gasteiger partial charge in [-0.1, -0.05) is 27.7 Å². The maximum atomic E-state index is 13.6. The van der Waals surface area contributed by atoms with Gasteiger partial charge in [0.15, 0.2) is 23.1 Å². The number of hydrogen-bond acceptors (Lipinski definition) is 5. The Morgan fingerprint density at radius 2 is 1.48 bits per heavy atom. The van der Waals surface area contributed by atoms with Crippen molar-refractivity contribution in [3.8, 4) is 11.5 Å². The number of carbonyl (C=O) groups is 2.